The molecular formula is C15H14N2O4. The largest absolute Gasteiger partial charge is 0.478 e. The van der Waals surface area contributed by atoms with Gasteiger partial charge in [0.25, 0.3) is 0 Å². The molecule has 108 valence electrons. The average molecular weight is 286 g/mol. The molecule has 0 aliphatic heterocycles. The number of anilines is 1. The lowest BCUT2D eigenvalue weighted by atomic mass is 10.0. The minimum atomic E-state index is -1.13. The van der Waals surface area contributed by atoms with Crippen LogP contribution in [0, 0.1) is 0 Å². The molecule has 2 aromatic carbocycles. The van der Waals surface area contributed by atoms with Crippen LogP contribution in [0.3, 0.4) is 0 Å². The maximum Gasteiger partial charge on any atom is 0.337 e. The number of nitrogens with one attached hydrogen (secondary N) is 2. The van der Waals surface area contributed by atoms with Gasteiger partial charge in [-0.2, -0.15) is 0 Å². The van der Waals surface area contributed by atoms with E-state index in [1.54, 1.807) is 12.1 Å². The van der Waals surface area contributed by atoms with Crippen molar-refractivity contribution < 1.29 is 19.5 Å². The van der Waals surface area contributed by atoms with Crippen molar-refractivity contribution in [2.75, 3.05) is 11.9 Å². The van der Waals surface area contributed by atoms with Gasteiger partial charge in [-0.15, -0.1) is 0 Å². The first-order valence-corrected chi connectivity index (χ1v) is 6.28. The minimum absolute atomic E-state index is 0.00451. The molecule has 6 nitrogen and oxygen atoms in total. The molecule has 0 atom stereocenters. The van der Waals surface area contributed by atoms with Crippen LogP contribution in [-0.2, 0) is 9.59 Å². The molecule has 0 bridgehead atoms. The van der Waals surface area contributed by atoms with E-state index in [0.717, 1.165) is 10.8 Å². The first kappa shape index (κ1) is 14.5. The predicted molar refractivity (Wildman–Crippen MR) is 78.2 cm³/mol. The van der Waals surface area contributed by atoms with E-state index in [1.165, 1.54) is 13.0 Å². The molecule has 0 radical (unpaired) electrons. The van der Waals surface area contributed by atoms with Crippen molar-refractivity contribution >= 4 is 34.2 Å². The van der Waals surface area contributed by atoms with Gasteiger partial charge in [-0.1, -0.05) is 24.3 Å². The third-order valence-corrected chi connectivity index (χ3v) is 2.89. The maximum atomic E-state index is 11.7. The molecule has 0 saturated heterocycles. The topological polar surface area (TPSA) is 95.5 Å². The molecule has 3 N–H and O–H groups in total. The summed E-state index contributed by atoms with van der Waals surface area (Å²) < 4.78 is 0. The Morgan fingerprint density at radius 2 is 1.71 bits per heavy atom. The number of amides is 2. The van der Waals surface area contributed by atoms with Crippen molar-refractivity contribution in [1.29, 1.82) is 0 Å². The second kappa shape index (κ2) is 6.04. The Morgan fingerprint density at radius 1 is 1.10 bits per heavy atom. The summed E-state index contributed by atoms with van der Waals surface area (Å²) in [5.41, 5.74) is 0.210. The second-order valence-electron chi connectivity index (χ2n) is 4.51. The molecule has 0 saturated carbocycles. The predicted octanol–water partition coefficient (Wildman–Crippen LogP) is 1.61. The smallest absolute Gasteiger partial charge is 0.337 e. The normalized spacial score (nSPS) is 10.1. The highest BCUT2D eigenvalue weighted by Crippen LogP contribution is 2.24. The Balaban J connectivity index is 2.32. The highest BCUT2D eigenvalue weighted by molar-refractivity contribution is 6.05. The molecule has 0 unspecified atom stereocenters. The Hall–Kier alpha value is -2.89. The summed E-state index contributed by atoms with van der Waals surface area (Å²) >= 11 is 0. The zero-order chi connectivity index (χ0) is 15.4. The van der Waals surface area contributed by atoms with E-state index in [-0.39, 0.29) is 23.7 Å². The summed E-state index contributed by atoms with van der Waals surface area (Å²) in [4.78, 5) is 33.8. The van der Waals surface area contributed by atoms with Gasteiger partial charge in [0.1, 0.15) is 0 Å². The van der Waals surface area contributed by atoms with Crippen LogP contribution in [0.5, 0.6) is 0 Å². The Morgan fingerprint density at radius 3 is 2.29 bits per heavy atom. The van der Waals surface area contributed by atoms with Gasteiger partial charge in [-0.05, 0) is 22.9 Å². The summed E-state index contributed by atoms with van der Waals surface area (Å²) in [6.45, 7) is 1.09. The zero-order valence-corrected chi connectivity index (χ0v) is 11.3. The molecule has 2 rings (SSSR count). The Bertz CT molecular complexity index is 725. The lowest BCUT2D eigenvalue weighted by molar-refractivity contribution is -0.122. The van der Waals surface area contributed by atoms with E-state index >= 15 is 0 Å². The standard InChI is InChI=1S/C15H14N2O4/c1-9(18)16-8-14(19)17-13-7-11-5-3-2-4-10(11)6-12(13)15(20)21/h2-7H,8H2,1H3,(H,16,18)(H,17,19)(H,20,21). The van der Waals surface area contributed by atoms with Crippen LogP contribution in [0.25, 0.3) is 10.8 Å². The number of carbonyl (C=O) groups excluding carboxylic acids is 2. The molecule has 0 fully saturated rings. The summed E-state index contributed by atoms with van der Waals surface area (Å²) in [6, 6.07) is 10.4. The molecule has 0 aliphatic rings. The number of carboxylic acid groups (broad SMARTS) is 1. The Labute approximate surface area is 120 Å². The van der Waals surface area contributed by atoms with E-state index in [0.29, 0.717) is 0 Å². The number of carbonyl (C=O) groups is 3. The molecule has 2 aromatic rings. The van der Waals surface area contributed by atoms with Gasteiger partial charge >= 0.3 is 5.97 Å². The number of benzene rings is 2. The summed E-state index contributed by atoms with van der Waals surface area (Å²) in [7, 11) is 0. The van der Waals surface area contributed by atoms with Crippen molar-refractivity contribution in [3.05, 3.63) is 42.0 Å². The van der Waals surface area contributed by atoms with Gasteiger partial charge in [-0.3, -0.25) is 9.59 Å². The van der Waals surface area contributed by atoms with Crippen LogP contribution in [0.4, 0.5) is 5.69 Å². The highest BCUT2D eigenvalue weighted by atomic mass is 16.4. The summed E-state index contributed by atoms with van der Waals surface area (Å²) in [5, 5.41) is 15.7. The summed E-state index contributed by atoms with van der Waals surface area (Å²) in [6.07, 6.45) is 0. The van der Waals surface area contributed by atoms with Crippen LogP contribution in [0.15, 0.2) is 36.4 Å². The minimum Gasteiger partial charge on any atom is -0.478 e. The van der Waals surface area contributed by atoms with Crippen molar-refractivity contribution in [2.45, 2.75) is 6.92 Å². The van der Waals surface area contributed by atoms with E-state index in [1.807, 2.05) is 18.2 Å². The first-order valence-electron chi connectivity index (χ1n) is 6.28. The average Bonchev–Trinajstić information content (AvgIpc) is 2.44. The second-order valence-corrected chi connectivity index (χ2v) is 4.51. The SMILES string of the molecule is CC(=O)NCC(=O)Nc1cc2ccccc2cc1C(=O)O. The monoisotopic (exact) mass is 286 g/mol. The van der Waals surface area contributed by atoms with Crippen molar-refractivity contribution in [3.63, 3.8) is 0 Å². The quantitative estimate of drug-likeness (QED) is 0.795. The fraction of sp³-hybridized carbons (Fsp3) is 0.133. The van der Waals surface area contributed by atoms with Crippen LogP contribution < -0.4 is 10.6 Å². The molecule has 6 heteroatoms. The van der Waals surface area contributed by atoms with E-state index in [9.17, 15) is 19.5 Å². The van der Waals surface area contributed by atoms with Gasteiger partial charge in [-0.25, -0.2) is 4.79 Å². The molecular weight excluding hydrogens is 272 g/mol. The van der Waals surface area contributed by atoms with Crippen LogP contribution >= 0.6 is 0 Å². The van der Waals surface area contributed by atoms with Gasteiger partial charge in [0.05, 0.1) is 17.8 Å². The van der Waals surface area contributed by atoms with E-state index < -0.39 is 11.9 Å². The van der Waals surface area contributed by atoms with Gasteiger partial charge in [0.2, 0.25) is 11.8 Å². The van der Waals surface area contributed by atoms with Crippen LogP contribution in [-0.4, -0.2) is 29.4 Å². The lowest BCUT2D eigenvalue weighted by Gasteiger charge is -2.10. The van der Waals surface area contributed by atoms with Crippen molar-refractivity contribution in [2.24, 2.45) is 0 Å². The molecule has 0 heterocycles. The number of fused-ring (bicyclic) bond motifs is 1. The van der Waals surface area contributed by atoms with Crippen LogP contribution in [0.1, 0.15) is 17.3 Å². The highest BCUT2D eigenvalue weighted by Gasteiger charge is 2.14. The van der Waals surface area contributed by atoms with Crippen LogP contribution in [0.2, 0.25) is 0 Å². The fourth-order valence-corrected chi connectivity index (χ4v) is 1.92. The maximum absolute atomic E-state index is 11.7. The number of carboxylic acids is 1. The fourth-order valence-electron chi connectivity index (χ4n) is 1.92. The molecule has 2 amide bonds. The summed E-state index contributed by atoms with van der Waals surface area (Å²) in [5.74, 6) is -1.94. The molecule has 0 aromatic heterocycles. The molecule has 21 heavy (non-hydrogen) atoms. The van der Waals surface area contributed by atoms with E-state index in [4.69, 9.17) is 0 Å². The molecule has 0 aliphatic carbocycles. The first-order chi connectivity index (χ1) is 9.97. The molecule has 0 spiro atoms. The Kier molecular flexibility index (Phi) is 4.18. The number of rotatable bonds is 4. The third-order valence-electron chi connectivity index (χ3n) is 2.89. The number of aromatic carboxylic acids is 1. The number of hydrogen-bond acceptors (Lipinski definition) is 3. The van der Waals surface area contributed by atoms with Gasteiger partial charge in [0.15, 0.2) is 0 Å². The lowest BCUT2D eigenvalue weighted by Crippen LogP contribution is -2.31. The van der Waals surface area contributed by atoms with Gasteiger partial charge in [0, 0.05) is 6.92 Å². The third kappa shape index (κ3) is 3.56. The number of hydrogen-bond donors (Lipinski definition) is 3. The van der Waals surface area contributed by atoms with Crippen molar-refractivity contribution in [3.8, 4) is 0 Å². The van der Waals surface area contributed by atoms with Gasteiger partial charge < -0.3 is 15.7 Å². The van der Waals surface area contributed by atoms with Crippen molar-refractivity contribution in [1.82, 2.24) is 5.32 Å². The van der Waals surface area contributed by atoms with E-state index in [2.05, 4.69) is 10.6 Å². The zero-order valence-electron chi connectivity index (χ0n) is 11.3.